The summed E-state index contributed by atoms with van der Waals surface area (Å²) in [6, 6.07) is 3.08. The first-order chi connectivity index (χ1) is 14.8. The topological polar surface area (TPSA) is 182 Å². The van der Waals surface area contributed by atoms with Gasteiger partial charge in [0.15, 0.2) is 18.5 Å². The van der Waals surface area contributed by atoms with E-state index in [0.29, 0.717) is 0 Å². The number of phosphoric acid groups is 1. The summed E-state index contributed by atoms with van der Waals surface area (Å²) in [5.74, 6) is -1.72. The molecule has 1 aromatic rings. The van der Waals surface area contributed by atoms with Crippen LogP contribution >= 0.6 is 7.82 Å². The van der Waals surface area contributed by atoms with E-state index in [1.54, 1.807) is 40.0 Å². The van der Waals surface area contributed by atoms with Crippen LogP contribution in [-0.2, 0) is 27.7 Å². The molecule has 1 saturated heterocycles. The van der Waals surface area contributed by atoms with Crippen LogP contribution in [0.3, 0.4) is 0 Å². The van der Waals surface area contributed by atoms with Crippen LogP contribution in [-0.4, -0.2) is 59.2 Å². The maximum Gasteiger partial charge on any atom is 0.475 e. The highest BCUT2D eigenvalue weighted by atomic mass is 31.2. The predicted octanol–water partition coefficient (Wildman–Crippen LogP) is -0.577. The molecule has 0 saturated carbocycles. The zero-order chi connectivity index (χ0) is 24.6. The van der Waals surface area contributed by atoms with Crippen molar-refractivity contribution in [2.24, 2.45) is 5.73 Å². The second-order valence-electron chi connectivity index (χ2n) is 7.49. The van der Waals surface area contributed by atoms with E-state index >= 15 is 0 Å². The lowest BCUT2D eigenvalue weighted by atomic mass is 10.1. The number of hydrogen-bond donors (Lipinski definition) is 3. The molecule has 1 aliphatic heterocycles. The van der Waals surface area contributed by atoms with Crippen LogP contribution in [0.1, 0.15) is 51.2 Å². The number of carboxylic acids is 1. The molecule has 4 atom stereocenters. The third-order valence-corrected chi connectivity index (χ3v) is 5.64. The molecule has 0 aliphatic carbocycles. The molecule has 0 spiro atoms. The van der Waals surface area contributed by atoms with E-state index in [9.17, 15) is 19.6 Å². The van der Waals surface area contributed by atoms with Crippen LogP contribution in [0, 0.1) is 0 Å². The zero-order valence-corrected chi connectivity index (χ0v) is 19.5. The Balaban J connectivity index is 0.00000118. The number of carbonyl (C=O) groups is 2. The van der Waals surface area contributed by atoms with Crippen molar-refractivity contribution in [1.82, 2.24) is 0 Å². The molecule has 1 aliphatic rings. The molecular formula is C19H31N2O10P. The molecule has 0 bridgehead atoms. The van der Waals surface area contributed by atoms with Crippen LogP contribution < -0.4 is 15.4 Å². The number of aliphatic carboxylic acids is 1. The number of primary amides is 1. The van der Waals surface area contributed by atoms with Gasteiger partial charge in [-0.25, -0.2) is 4.57 Å². The number of aliphatic hydroxyl groups excluding tert-OH is 2. The average Bonchev–Trinajstić information content (AvgIpc) is 2.93. The number of carboxylic acid groups (broad SMARTS) is 1. The van der Waals surface area contributed by atoms with Gasteiger partial charge in [-0.3, -0.25) is 18.4 Å². The van der Waals surface area contributed by atoms with Gasteiger partial charge >= 0.3 is 7.82 Å². The SMILES string of the molecule is CC(=O)[O-].CC(C)OP(=O)(OC[C@H]1OC([n+]2cccc(C(N)=O)c2)[C@H](O)[C@@H]1O)OC(C)C. The summed E-state index contributed by atoms with van der Waals surface area (Å²) >= 11 is 0. The molecule has 32 heavy (non-hydrogen) atoms. The number of phosphoric ester groups is 1. The quantitative estimate of drug-likeness (QED) is 0.307. The third kappa shape index (κ3) is 8.91. The highest BCUT2D eigenvalue weighted by molar-refractivity contribution is 7.48. The Morgan fingerprint density at radius 3 is 2.22 bits per heavy atom. The molecule has 0 radical (unpaired) electrons. The largest absolute Gasteiger partial charge is 0.550 e. The number of nitrogens with zero attached hydrogens (tertiary/aromatic N) is 1. The number of hydrogen-bond acceptors (Lipinski definition) is 10. The van der Waals surface area contributed by atoms with E-state index in [-0.39, 0.29) is 12.2 Å². The van der Waals surface area contributed by atoms with Crippen molar-refractivity contribution in [3.8, 4) is 0 Å². The van der Waals surface area contributed by atoms with Crippen molar-refractivity contribution in [3.05, 3.63) is 30.1 Å². The number of ether oxygens (including phenoxy) is 1. The first-order valence-electron chi connectivity index (χ1n) is 9.87. The Labute approximate surface area is 186 Å². The smallest absolute Gasteiger partial charge is 0.475 e. The first-order valence-corrected chi connectivity index (χ1v) is 11.3. The number of nitrogens with two attached hydrogens (primary N) is 1. The number of aromatic nitrogens is 1. The van der Waals surface area contributed by atoms with Gasteiger partial charge in [0.05, 0.1) is 18.8 Å². The van der Waals surface area contributed by atoms with Gasteiger partial charge in [-0.2, -0.15) is 4.57 Å². The molecular weight excluding hydrogens is 447 g/mol. The molecule has 0 aromatic carbocycles. The van der Waals surface area contributed by atoms with Crippen LogP contribution in [0.4, 0.5) is 0 Å². The van der Waals surface area contributed by atoms with Crippen molar-refractivity contribution < 1.29 is 52.3 Å². The minimum absolute atomic E-state index is 0.215. The van der Waals surface area contributed by atoms with Gasteiger partial charge in [0, 0.05) is 12.0 Å². The second-order valence-corrected chi connectivity index (χ2v) is 9.07. The van der Waals surface area contributed by atoms with Crippen LogP contribution in [0.15, 0.2) is 24.5 Å². The Kier molecular flexibility index (Phi) is 10.9. The summed E-state index contributed by atoms with van der Waals surface area (Å²) in [6.07, 6.45) is -2.47. The second kappa shape index (κ2) is 12.4. The number of amides is 1. The zero-order valence-electron chi connectivity index (χ0n) is 18.6. The van der Waals surface area contributed by atoms with Gasteiger partial charge in [0.2, 0.25) is 0 Å². The van der Waals surface area contributed by atoms with Crippen molar-refractivity contribution in [1.29, 1.82) is 0 Å². The maximum atomic E-state index is 12.7. The van der Waals surface area contributed by atoms with Crippen LogP contribution in [0.5, 0.6) is 0 Å². The normalized spacial score (nSPS) is 23.2. The highest BCUT2D eigenvalue weighted by Gasteiger charge is 2.49. The van der Waals surface area contributed by atoms with E-state index in [1.165, 1.54) is 16.8 Å². The van der Waals surface area contributed by atoms with Gasteiger partial charge in [-0.1, -0.05) is 0 Å². The molecule has 2 heterocycles. The lowest BCUT2D eigenvalue weighted by Gasteiger charge is -2.23. The fourth-order valence-electron chi connectivity index (χ4n) is 2.68. The number of carbonyl (C=O) groups excluding carboxylic acids is 2. The number of rotatable bonds is 9. The van der Waals surface area contributed by atoms with E-state index in [4.69, 9.17) is 33.9 Å². The van der Waals surface area contributed by atoms with E-state index in [1.807, 2.05) is 0 Å². The average molecular weight is 478 g/mol. The molecule has 1 amide bonds. The number of aliphatic hydroxyl groups is 2. The summed E-state index contributed by atoms with van der Waals surface area (Å²) < 4.78 is 35.7. The molecule has 1 fully saturated rings. The predicted molar refractivity (Wildman–Crippen MR) is 108 cm³/mol. The fourth-order valence-corrected chi connectivity index (χ4v) is 4.21. The Bertz CT molecular complexity index is 801. The van der Waals surface area contributed by atoms with Crippen molar-refractivity contribution in [3.63, 3.8) is 0 Å². The molecule has 1 unspecified atom stereocenters. The molecule has 2 rings (SSSR count). The lowest BCUT2D eigenvalue weighted by Crippen LogP contribution is -2.46. The van der Waals surface area contributed by atoms with E-state index in [0.717, 1.165) is 6.92 Å². The standard InChI is InChI=1S/C17H27N2O8P.C2H4O2/c1-10(2)26-28(23,27-11(3)4)24-9-13-14(20)15(21)17(25-13)19-7-5-6-12(8-19)16(18)22;1-2(3)4/h5-8,10-11,13-15,17,20-21H,9H2,1-4H3,(H-,18,22);1H3,(H,3,4)/t13-,14-,15-,17?;/m1./s1. The molecule has 182 valence electrons. The lowest BCUT2D eigenvalue weighted by molar-refractivity contribution is -0.765. The van der Waals surface area contributed by atoms with Crippen molar-refractivity contribution >= 4 is 19.7 Å². The first kappa shape index (κ1) is 28.1. The third-order valence-electron chi connectivity index (χ3n) is 3.81. The highest BCUT2D eigenvalue weighted by Crippen LogP contribution is 2.52. The number of pyridine rings is 1. The molecule has 1 aromatic heterocycles. The van der Waals surface area contributed by atoms with Gasteiger partial charge < -0.3 is 30.6 Å². The van der Waals surface area contributed by atoms with Crippen molar-refractivity contribution in [2.45, 2.75) is 71.4 Å². The molecule has 12 nitrogen and oxygen atoms in total. The summed E-state index contributed by atoms with van der Waals surface area (Å²) in [6.45, 7) is 7.37. The molecule has 13 heteroatoms. The minimum atomic E-state index is -3.88. The summed E-state index contributed by atoms with van der Waals surface area (Å²) in [5.41, 5.74) is 5.48. The van der Waals surface area contributed by atoms with Gasteiger partial charge in [0.1, 0.15) is 17.8 Å². The van der Waals surface area contributed by atoms with Gasteiger partial charge in [-0.15, -0.1) is 0 Å². The Morgan fingerprint density at radius 2 is 1.75 bits per heavy atom. The summed E-state index contributed by atoms with van der Waals surface area (Å²) in [4.78, 5) is 20.2. The molecule has 4 N–H and O–H groups in total. The minimum Gasteiger partial charge on any atom is -0.550 e. The van der Waals surface area contributed by atoms with E-state index in [2.05, 4.69) is 0 Å². The Hall–Kier alpha value is -1.92. The van der Waals surface area contributed by atoms with E-state index < -0.39 is 56.4 Å². The Morgan fingerprint density at radius 1 is 1.22 bits per heavy atom. The van der Waals surface area contributed by atoms with Crippen molar-refractivity contribution in [2.75, 3.05) is 6.61 Å². The van der Waals surface area contributed by atoms with Gasteiger partial charge in [0.25, 0.3) is 12.1 Å². The summed E-state index contributed by atoms with van der Waals surface area (Å²) in [7, 11) is -3.88. The van der Waals surface area contributed by atoms with Crippen LogP contribution in [0.25, 0.3) is 0 Å². The monoisotopic (exact) mass is 478 g/mol. The van der Waals surface area contributed by atoms with Gasteiger partial charge in [-0.05, 0) is 40.7 Å². The maximum absolute atomic E-state index is 12.7. The summed E-state index contributed by atoms with van der Waals surface area (Å²) in [5, 5.41) is 29.5. The van der Waals surface area contributed by atoms with Crippen LogP contribution in [0.2, 0.25) is 0 Å². The fraction of sp³-hybridized carbons (Fsp3) is 0.632.